The molecular weight excluding hydrogens is 95.1 g/mol. The summed E-state index contributed by atoms with van der Waals surface area (Å²) in [6.45, 7) is 1.56. The highest BCUT2D eigenvalue weighted by molar-refractivity contribution is 4.97. The molecule has 0 spiro atoms. The Morgan fingerprint density at radius 2 is 2.29 bits per heavy atom. The Morgan fingerprint density at radius 3 is 2.43 bits per heavy atom. The largest absolute Gasteiger partial charge is 0.342 e. The first-order valence-corrected chi connectivity index (χ1v) is 1.90. The van der Waals surface area contributed by atoms with E-state index in [4.69, 9.17) is 0 Å². The number of alkyl halides is 1. The van der Waals surface area contributed by atoms with Gasteiger partial charge >= 0.3 is 0 Å². The Labute approximate surface area is 42.5 Å². The molecule has 0 fully saturated rings. The molecule has 0 rings (SSSR count). The van der Waals surface area contributed by atoms with Gasteiger partial charge in [-0.25, -0.2) is 4.39 Å². The molecule has 0 aliphatic rings. The maximum atomic E-state index is 11.7. The molecule has 0 aliphatic carbocycles. The van der Waals surface area contributed by atoms with Crippen molar-refractivity contribution >= 4 is 0 Å². The van der Waals surface area contributed by atoms with Gasteiger partial charge in [0.25, 0.3) is 6.36 Å². The van der Waals surface area contributed by atoms with Crippen molar-refractivity contribution in [2.45, 2.75) is 13.3 Å². The maximum Gasteiger partial charge on any atom is 0.261 e. The lowest BCUT2D eigenvalue weighted by Gasteiger charge is -1.90. The molecule has 0 saturated heterocycles. The summed E-state index contributed by atoms with van der Waals surface area (Å²) >= 11 is 0. The first-order valence-electron chi connectivity index (χ1n) is 1.90. The van der Waals surface area contributed by atoms with E-state index in [1.165, 1.54) is 7.11 Å². The summed E-state index contributed by atoms with van der Waals surface area (Å²) in [5.41, 5.74) is 0. The first kappa shape index (κ1) is 6.45. The van der Waals surface area contributed by atoms with Crippen LogP contribution in [-0.2, 0) is 4.74 Å². The highest BCUT2D eigenvalue weighted by Gasteiger charge is 1.91. The quantitative estimate of drug-likeness (QED) is 0.448. The van der Waals surface area contributed by atoms with Gasteiger partial charge in [-0.05, 0) is 12.8 Å². The first-order chi connectivity index (χ1) is 3.31. The highest BCUT2D eigenvalue weighted by Crippen LogP contribution is 1.84. The lowest BCUT2D eigenvalue weighted by molar-refractivity contribution is 0.0430. The summed E-state index contributed by atoms with van der Waals surface area (Å²) in [6, 6.07) is 0. The van der Waals surface area contributed by atoms with E-state index in [9.17, 15) is 4.39 Å². The average molecular weight is 102 g/mol. The Hall–Kier alpha value is -0.550. The van der Waals surface area contributed by atoms with Crippen LogP contribution in [0.15, 0.2) is 0 Å². The molecule has 0 heterocycles. The van der Waals surface area contributed by atoms with Gasteiger partial charge in [0.05, 0.1) is 0 Å². The Balaban J connectivity index is 3.29. The van der Waals surface area contributed by atoms with Crippen LogP contribution in [0.1, 0.15) is 6.92 Å². The van der Waals surface area contributed by atoms with Gasteiger partial charge in [-0.3, -0.25) is 0 Å². The van der Waals surface area contributed by atoms with Crippen molar-refractivity contribution < 1.29 is 9.13 Å². The summed E-state index contributed by atoms with van der Waals surface area (Å²) in [5, 5.41) is 0. The Morgan fingerprint density at radius 1 is 1.71 bits per heavy atom. The van der Waals surface area contributed by atoms with Gasteiger partial charge in [0.2, 0.25) is 0 Å². The summed E-state index contributed by atoms with van der Waals surface area (Å²) < 4.78 is 15.9. The van der Waals surface area contributed by atoms with Gasteiger partial charge in [-0.15, -0.1) is 5.92 Å². The van der Waals surface area contributed by atoms with Crippen LogP contribution in [-0.4, -0.2) is 13.5 Å². The molecule has 40 valence electrons. The van der Waals surface area contributed by atoms with Crippen LogP contribution in [0.2, 0.25) is 0 Å². The summed E-state index contributed by atoms with van der Waals surface area (Å²) in [4.78, 5) is 0. The third kappa shape index (κ3) is 3.28. The van der Waals surface area contributed by atoms with E-state index < -0.39 is 6.36 Å². The van der Waals surface area contributed by atoms with Crippen LogP contribution >= 0.6 is 0 Å². The van der Waals surface area contributed by atoms with Crippen molar-refractivity contribution in [3.8, 4) is 11.8 Å². The van der Waals surface area contributed by atoms with Crippen molar-refractivity contribution in [3.63, 3.8) is 0 Å². The molecule has 0 amide bonds. The van der Waals surface area contributed by atoms with E-state index in [0.29, 0.717) is 0 Å². The Bertz CT molecular complexity index is 90.0. The fraction of sp³-hybridized carbons (Fsp3) is 0.600. The molecule has 0 aromatic heterocycles. The predicted octanol–water partition coefficient (Wildman–Crippen LogP) is 0.952. The fourth-order valence-corrected chi connectivity index (χ4v) is 0.172. The van der Waals surface area contributed by atoms with Crippen molar-refractivity contribution in [3.05, 3.63) is 0 Å². The zero-order chi connectivity index (χ0) is 5.70. The standard InChI is InChI=1S/C5H7FO/c1-3-4-5(6)7-2/h5H,1-2H3. The van der Waals surface area contributed by atoms with Crippen molar-refractivity contribution in [1.82, 2.24) is 0 Å². The van der Waals surface area contributed by atoms with E-state index in [1.807, 2.05) is 0 Å². The van der Waals surface area contributed by atoms with Crippen molar-refractivity contribution in [1.29, 1.82) is 0 Å². The average Bonchev–Trinajstić information content (AvgIpc) is 1.68. The minimum absolute atomic E-state index is 1.27. The minimum atomic E-state index is -1.41. The molecule has 1 nitrogen and oxygen atoms in total. The topological polar surface area (TPSA) is 9.23 Å². The zero-order valence-electron chi connectivity index (χ0n) is 4.36. The molecule has 0 radical (unpaired) electrons. The number of halogens is 1. The van der Waals surface area contributed by atoms with Gasteiger partial charge in [0.15, 0.2) is 0 Å². The van der Waals surface area contributed by atoms with Crippen molar-refractivity contribution in [2.75, 3.05) is 7.11 Å². The highest BCUT2D eigenvalue weighted by atomic mass is 19.1. The van der Waals surface area contributed by atoms with Gasteiger partial charge < -0.3 is 4.74 Å². The SMILES string of the molecule is CC#CC(F)OC. The lowest BCUT2D eigenvalue weighted by Crippen LogP contribution is -1.96. The monoisotopic (exact) mass is 102 g/mol. The molecule has 0 N–H and O–H groups in total. The number of methoxy groups -OCH3 is 1. The molecule has 2 heteroatoms. The number of hydrogen-bond donors (Lipinski definition) is 0. The molecule has 0 saturated carbocycles. The van der Waals surface area contributed by atoms with Crippen LogP contribution < -0.4 is 0 Å². The smallest absolute Gasteiger partial charge is 0.261 e. The van der Waals surface area contributed by atoms with Crippen LogP contribution in [0.5, 0.6) is 0 Å². The molecular formula is C5H7FO. The summed E-state index contributed by atoms with van der Waals surface area (Å²) in [7, 11) is 1.27. The van der Waals surface area contributed by atoms with E-state index in [2.05, 4.69) is 16.6 Å². The van der Waals surface area contributed by atoms with Crippen molar-refractivity contribution in [2.24, 2.45) is 0 Å². The van der Waals surface area contributed by atoms with Gasteiger partial charge in [-0.2, -0.15) is 0 Å². The molecule has 7 heavy (non-hydrogen) atoms. The van der Waals surface area contributed by atoms with E-state index in [1.54, 1.807) is 6.92 Å². The lowest BCUT2D eigenvalue weighted by atomic mass is 10.6. The summed E-state index contributed by atoms with van der Waals surface area (Å²) in [5.74, 6) is 4.52. The van der Waals surface area contributed by atoms with Crippen LogP contribution in [0.3, 0.4) is 0 Å². The Kier molecular flexibility index (Phi) is 3.35. The van der Waals surface area contributed by atoms with E-state index in [0.717, 1.165) is 0 Å². The van der Waals surface area contributed by atoms with Crippen LogP contribution in [0, 0.1) is 11.8 Å². The minimum Gasteiger partial charge on any atom is -0.342 e. The predicted molar refractivity (Wildman–Crippen MR) is 25.4 cm³/mol. The third-order valence-electron chi connectivity index (χ3n) is 0.465. The van der Waals surface area contributed by atoms with Gasteiger partial charge in [-0.1, -0.05) is 0 Å². The second kappa shape index (κ2) is 3.63. The summed E-state index contributed by atoms with van der Waals surface area (Å²) in [6.07, 6.45) is -1.41. The molecule has 0 aliphatic heterocycles. The number of ether oxygens (including phenoxy) is 1. The molecule has 0 bridgehead atoms. The van der Waals surface area contributed by atoms with Crippen LogP contribution in [0.25, 0.3) is 0 Å². The fourth-order valence-electron chi connectivity index (χ4n) is 0.172. The van der Waals surface area contributed by atoms with Crippen LogP contribution in [0.4, 0.5) is 4.39 Å². The second-order valence-electron chi connectivity index (χ2n) is 0.946. The molecule has 0 aromatic carbocycles. The zero-order valence-corrected chi connectivity index (χ0v) is 4.36. The van der Waals surface area contributed by atoms with E-state index in [-0.39, 0.29) is 0 Å². The van der Waals surface area contributed by atoms with Gasteiger partial charge in [0.1, 0.15) is 0 Å². The molecule has 1 unspecified atom stereocenters. The third-order valence-corrected chi connectivity index (χ3v) is 0.465. The number of rotatable bonds is 1. The van der Waals surface area contributed by atoms with E-state index >= 15 is 0 Å². The normalized spacial score (nSPS) is 11.9. The second-order valence-corrected chi connectivity index (χ2v) is 0.946. The molecule has 1 atom stereocenters. The maximum absolute atomic E-state index is 11.7. The number of hydrogen-bond acceptors (Lipinski definition) is 1. The molecule has 0 aromatic rings. The van der Waals surface area contributed by atoms with Gasteiger partial charge in [0, 0.05) is 7.11 Å².